The lowest BCUT2D eigenvalue weighted by Crippen LogP contribution is -2.17. The molecule has 1 heterocycles. The first-order valence-corrected chi connectivity index (χ1v) is 10.4. The summed E-state index contributed by atoms with van der Waals surface area (Å²) in [4.78, 5) is 13.1. The third-order valence-electron chi connectivity index (χ3n) is 4.29. The van der Waals surface area contributed by atoms with Gasteiger partial charge in [-0.05, 0) is 56.3 Å². The van der Waals surface area contributed by atoms with E-state index in [0.717, 1.165) is 33.3 Å². The third-order valence-corrected chi connectivity index (χ3v) is 5.55. The van der Waals surface area contributed by atoms with E-state index >= 15 is 0 Å². The molecule has 6 heteroatoms. The fourth-order valence-corrected chi connectivity index (χ4v) is 3.91. The summed E-state index contributed by atoms with van der Waals surface area (Å²) in [5.74, 6) is 0.627. The fourth-order valence-electron chi connectivity index (χ4n) is 2.91. The predicted octanol–water partition coefficient (Wildman–Crippen LogP) is 5.38. The summed E-state index contributed by atoms with van der Waals surface area (Å²) in [6.07, 6.45) is 2.11. The molecular formula is C22H22ClN3OS. The smallest absolute Gasteiger partial charge is 0.240 e. The van der Waals surface area contributed by atoms with Gasteiger partial charge in [0.25, 0.3) is 0 Å². The molecule has 1 aromatic heterocycles. The van der Waals surface area contributed by atoms with Gasteiger partial charge in [-0.15, -0.1) is 11.8 Å². The topological polar surface area (TPSA) is 46.4 Å². The Morgan fingerprint density at radius 3 is 2.57 bits per heavy atom. The summed E-state index contributed by atoms with van der Waals surface area (Å²) in [7, 11) is 0. The van der Waals surface area contributed by atoms with Crippen molar-refractivity contribution in [2.45, 2.75) is 25.2 Å². The molecule has 0 fully saturated rings. The SMILES string of the molecule is Cc1cc(/C=N\NC(=O)CCSc2ccccc2)c(C)n1-c1ccc(Cl)cc1. The molecule has 4 nitrogen and oxygen atoms in total. The van der Waals surface area contributed by atoms with Crippen LogP contribution in [0.2, 0.25) is 5.02 Å². The second kappa shape index (κ2) is 9.62. The second-order valence-electron chi connectivity index (χ2n) is 6.34. The summed E-state index contributed by atoms with van der Waals surface area (Å²) >= 11 is 7.64. The van der Waals surface area contributed by atoms with Crippen LogP contribution in [0, 0.1) is 13.8 Å². The van der Waals surface area contributed by atoms with Crippen molar-refractivity contribution in [2.75, 3.05) is 5.75 Å². The average Bonchev–Trinajstić information content (AvgIpc) is 2.97. The molecule has 1 amide bonds. The number of halogens is 1. The Morgan fingerprint density at radius 1 is 1.14 bits per heavy atom. The zero-order chi connectivity index (χ0) is 19.9. The van der Waals surface area contributed by atoms with Crippen LogP contribution in [0.3, 0.4) is 0 Å². The molecular weight excluding hydrogens is 390 g/mol. The van der Waals surface area contributed by atoms with Crippen molar-refractivity contribution in [3.63, 3.8) is 0 Å². The zero-order valence-electron chi connectivity index (χ0n) is 15.9. The van der Waals surface area contributed by atoms with Gasteiger partial charge in [0.2, 0.25) is 5.91 Å². The maximum absolute atomic E-state index is 12.0. The van der Waals surface area contributed by atoms with E-state index in [-0.39, 0.29) is 5.91 Å². The van der Waals surface area contributed by atoms with E-state index in [2.05, 4.69) is 15.1 Å². The van der Waals surface area contributed by atoms with Crippen LogP contribution >= 0.6 is 23.4 Å². The van der Waals surface area contributed by atoms with Gasteiger partial charge in [-0.2, -0.15) is 5.10 Å². The number of hydrogen-bond donors (Lipinski definition) is 1. The number of carbonyl (C=O) groups is 1. The second-order valence-corrected chi connectivity index (χ2v) is 7.95. The van der Waals surface area contributed by atoms with Gasteiger partial charge in [0, 0.05) is 44.7 Å². The Bertz CT molecular complexity index is 965. The summed E-state index contributed by atoms with van der Waals surface area (Å²) < 4.78 is 2.13. The third kappa shape index (κ3) is 5.27. The largest absolute Gasteiger partial charge is 0.318 e. The number of rotatable bonds is 7. The van der Waals surface area contributed by atoms with Gasteiger partial charge >= 0.3 is 0 Å². The Kier molecular flexibility index (Phi) is 6.95. The van der Waals surface area contributed by atoms with Crippen molar-refractivity contribution in [1.29, 1.82) is 0 Å². The molecule has 0 saturated carbocycles. The van der Waals surface area contributed by atoms with Gasteiger partial charge in [0.15, 0.2) is 0 Å². The number of nitrogens with one attached hydrogen (secondary N) is 1. The van der Waals surface area contributed by atoms with Crippen LogP contribution in [0.4, 0.5) is 0 Å². The van der Waals surface area contributed by atoms with Crippen molar-refractivity contribution in [1.82, 2.24) is 9.99 Å². The van der Waals surface area contributed by atoms with E-state index in [4.69, 9.17) is 11.6 Å². The molecule has 144 valence electrons. The van der Waals surface area contributed by atoms with Gasteiger partial charge in [-0.3, -0.25) is 4.79 Å². The van der Waals surface area contributed by atoms with Crippen LogP contribution < -0.4 is 5.43 Å². The van der Waals surface area contributed by atoms with E-state index < -0.39 is 0 Å². The van der Waals surface area contributed by atoms with Crippen LogP contribution in [0.25, 0.3) is 5.69 Å². The number of nitrogens with zero attached hydrogens (tertiary/aromatic N) is 2. The molecule has 0 radical (unpaired) electrons. The lowest BCUT2D eigenvalue weighted by Gasteiger charge is -2.09. The highest BCUT2D eigenvalue weighted by Gasteiger charge is 2.09. The lowest BCUT2D eigenvalue weighted by molar-refractivity contribution is -0.120. The quantitative estimate of drug-likeness (QED) is 0.322. The maximum atomic E-state index is 12.0. The molecule has 0 aliphatic rings. The molecule has 1 N–H and O–H groups in total. The van der Waals surface area contributed by atoms with E-state index in [9.17, 15) is 4.79 Å². The van der Waals surface area contributed by atoms with Crippen LogP contribution in [0.15, 0.2) is 70.7 Å². The number of aryl methyl sites for hydroxylation is 1. The number of carbonyl (C=O) groups excluding carboxylic acids is 1. The molecule has 0 aliphatic heterocycles. The summed E-state index contributed by atoms with van der Waals surface area (Å²) in [5, 5.41) is 4.83. The fraction of sp³-hybridized carbons (Fsp3) is 0.182. The van der Waals surface area contributed by atoms with Crippen LogP contribution in [0.5, 0.6) is 0 Å². The molecule has 0 atom stereocenters. The first kappa shape index (κ1) is 20.2. The van der Waals surface area contributed by atoms with Crippen LogP contribution in [-0.4, -0.2) is 22.4 Å². The first-order chi connectivity index (χ1) is 13.5. The predicted molar refractivity (Wildman–Crippen MR) is 118 cm³/mol. The lowest BCUT2D eigenvalue weighted by atomic mass is 10.2. The molecule has 0 saturated heterocycles. The van der Waals surface area contributed by atoms with E-state index in [0.29, 0.717) is 11.4 Å². The first-order valence-electron chi connectivity index (χ1n) is 8.99. The van der Waals surface area contributed by atoms with Crippen LogP contribution in [-0.2, 0) is 4.79 Å². The Hall–Kier alpha value is -2.50. The Labute approximate surface area is 174 Å². The monoisotopic (exact) mass is 411 g/mol. The van der Waals surface area contributed by atoms with Gasteiger partial charge < -0.3 is 4.57 Å². The Morgan fingerprint density at radius 2 is 1.86 bits per heavy atom. The zero-order valence-corrected chi connectivity index (χ0v) is 17.4. The van der Waals surface area contributed by atoms with E-state index in [1.165, 1.54) is 0 Å². The maximum Gasteiger partial charge on any atom is 0.240 e. The van der Waals surface area contributed by atoms with Gasteiger partial charge in [-0.25, -0.2) is 5.43 Å². The average molecular weight is 412 g/mol. The highest BCUT2D eigenvalue weighted by molar-refractivity contribution is 7.99. The van der Waals surface area contributed by atoms with Gasteiger partial charge in [-0.1, -0.05) is 29.8 Å². The number of hydrazone groups is 1. The standard InChI is InChI=1S/C22H22ClN3OS/c1-16-14-18(17(2)26(16)20-10-8-19(23)9-11-20)15-24-25-22(27)12-13-28-21-6-4-3-5-7-21/h3-11,14-15H,12-13H2,1-2H3,(H,25,27)/b24-15-. The number of aromatic nitrogens is 1. The Balaban J connectivity index is 1.56. The van der Waals surface area contributed by atoms with E-state index in [1.807, 2.05) is 74.5 Å². The van der Waals surface area contributed by atoms with E-state index in [1.54, 1.807) is 18.0 Å². The summed E-state index contributed by atoms with van der Waals surface area (Å²) in [6, 6.07) is 19.8. The number of benzene rings is 2. The molecule has 28 heavy (non-hydrogen) atoms. The van der Waals surface area contributed by atoms with Crippen molar-refractivity contribution >= 4 is 35.5 Å². The molecule has 0 unspecified atom stereocenters. The number of amides is 1. The minimum atomic E-state index is -0.0915. The summed E-state index contributed by atoms with van der Waals surface area (Å²) in [6.45, 7) is 4.07. The highest BCUT2D eigenvalue weighted by atomic mass is 35.5. The minimum absolute atomic E-state index is 0.0915. The molecule has 0 aliphatic carbocycles. The number of thioether (sulfide) groups is 1. The van der Waals surface area contributed by atoms with Crippen molar-refractivity contribution in [3.05, 3.63) is 82.6 Å². The normalized spacial score (nSPS) is 11.1. The van der Waals surface area contributed by atoms with Gasteiger partial charge in [0.1, 0.15) is 0 Å². The molecule has 0 spiro atoms. The molecule has 3 rings (SSSR count). The summed E-state index contributed by atoms with van der Waals surface area (Å²) in [5.41, 5.74) is 6.76. The molecule has 2 aromatic carbocycles. The van der Waals surface area contributed by atoms with Crippen molar-refractivity contribution in [3.8, 4) is 5.69 Å². The van der Waals surface area contributed by atoms with Crippen molar-refractivity contribution in [2.24, 2.45) is 5.10 Å². The number of hydrogen-bond acceptors (Lipinski definition) is 3. The molecule has 0 bridgehead atoms. The van der Waals surface area contributed by atoms with Gasteiger partial charge in [0.05, 0.1) is 6.21 Å². The molecule has 3 aromatic rings. The van der Waals surface area contributed by atoms with Crippen molar-refractivity contribution < 1.29 is 4.79 Å². The van der Waals surface area contributed by atoms with Crippen LogP contribution in [0.1, 0.15) is 23.4 Å². The highest BCUT2D eigenvalue weighted by Crippen LogP contribution is 2.21. The minimum Gasteiger partial charge on any atom is -0.318 e.